The van der Waals surface area contributed by atoms with Crippen molar-refractivity contribution in [3.8, 4) is 5.75 Å². The number of rotatable bonds is 5. The summed E-state index contributed by atoms with van der Waals surface area (Å²) in [5.74, 6) is 0.124. The van der Waals surface area contributed by atoms with Crippen LogP contribution in [0.1, 0.15) is 24.1 Å². The lowest BCUT2D eigenvalue weighted by molar-refractivity contribution is -0.123. The molecule has 0 fully saturated rings. The Bertz CT molecular complexity index is 658. The molecule has 116 valence electrons. The quantitative estimate of drug-likeness (QED) is 0.863. The molecule has 3 nitrogen and oxygen atoms in total. The van der Waals surface area contributed by atoms with Crippen LogP contribution in [0.3, 0.4) is 0 Å². The number of aryl methyl sites for hydroxylation is 1. The van der Waals surface area contributed by atoms with Gasteiger partial charge in [-0.1, -0.05) is 28.1 Å². The van der Waals surface area contributed by atoms with Crippen LogP contribution >= 0.6 is 15.9 Å². The number of hydrogen-bond donors (Lipinski definition) is 1. The van der Waals surface area contributed by atoms with Crippen molar-refractivity contribution < 1.29 is 13.9 Å². The lowest BCUT2D eigenvalue weighted by Crippen LogP contribution is -2.31. The van der Waals surface area contributed by atoms with Crippen molar-refractivity contribution in [1.29, 1.82) is 0 Å². The number of hydrogen-bond acceptors (Lipinski definition) is 2. The molecule has 0 aliphatic rings. The van der Waals surface area contributed by atoms with Crippen molar-refractivity contribution in [3.05, 3.63) is 63.9 Å². The molecule has 2 aromatic carbocycles. The Balaban J connectivity index is 1.87. The maximum atomic E-state index is 12.9. The number of ether oxygens (including phenoxy) is 1. The summed E-state index contributed by atoms with van der Waals surface area (Å²) in [7, 11) is 0. The molecule has 0 spiro atoms. The van der Waals surface area contributed by atoms with E-state index in [4.69, 9.17) is 4.74 Å². The minimum absolute atomic E-state index is 0.0629. The molecule has 5 heteroatoms. The number of halogens is 2. The fourth-order valence-corrected chi connectivity index (χ4v) is 2.22. The lowest BCUT2D eigenvalue weighted by Gasteiger charge is -2.15. The monoisotopic (exact) mass is 365 g/mol. The zero-order valence-electron chi connectivity index (χ0n) is 12.4. The van der Waals surface area contributed by atoms with E-state index < -0.39 is 0 Å². The second-order valence-electron chi connectivity index (χ2n) is 5.04. The molecule has 22 heavy (non-hydrogen) atoms. The van der Waals surface area contributed by atoms with E-state index in [1.807, 2.05) is 26.0 Å². The van der Waals surface area contributed by atoms with E-state index in [0.717, 1.165) is 15.6 Å². The minimum atomic E-state index is -0.295. The van der Waals surface area contributed by atoms with Gasteiger partial charge in [-0.15, -0.1) is 0 Å². The highest BCUT2D eigenvalue weighted by atomic mass is 79.9. The first-order valence-electron chi connectivity index (χ1n) is 6.89. The second kappa shape index (κ2) is 7.40. The first kappa shape index (κ1) is 16.5. The van der Waals surface area contributed by atoms with Crippen molar-refractivity contribution in [1.82, 2.24) is 5.32 Å². The van der Waals surface area contributed by atoms with Crippen LogP contribution in [-0.4, -0.2) is 12.5 Å². The molecule has 0 saturated heterocycles. The van der Waals surface area contributed by atoms with Crippen molar-refractivity contribution >= 4 is 21.8 Å². The third-order valence-electron chi connectivity index (χ3n) is 3.25. The molecule has 0 aliphatic heterocycles. The molecule has 1 N–H and O–H groups in total. The summed E-state index contributed by atoms with van der Waals surface area (Å²) in [5.41, 5.74) is 1.88. The SMILES string of the molecule is Cc1cc(OCC(=O)N[C@H](C)c2ccc(F)cc2)ccc1Br. The number of benzene rings is 2. The topological polar surface area (TPSA) is 38.3 Å². The van der Waals surface area contributed by atoms with E-state index in [0.29, 0.717) is 5.75 Å². The summed E-state index contributed by atoms with van der Waals surface area (Å²) in [5, 5.41) is 2.82. The van der Waals surface area contributed by atoms with Gasteiger partial charge in [0.2, 0.25) is 0 Å². The van der Waals surface area contributed by atoms with Crippen LogP contribution in [0, 0.1) is 12.7 Å². The third kappa shape index (κ3) is 4.56. The highest BCUT2D eigenvalue weighted by molar-refractivity contribution is 9.10. The smallest absolute Gasteiger partial charge is 0.258 e. The first-order valence-corrected chi connectivity index (χ1v) is 7.69. The average molecular weight is 366 g/mol. The Labute approximate surface area is 137 Å². The summed E-state index contributed by atoms with van der Waals surface area (Å²) in [6, 6.07) is 11.4. The van der Waals surface area contributed by atoms with Crippen LogP contribution in [0.15, 0.2) is 46.9 Å². The molecular formula is C17H17BrFNO2. The number of carbonyl (C=O) groups excluding carboxylic acids is 1. The van der Waals surface area contributed by atoms with Crippen molar-refractivity contribution in [2.24, 2.45) is 0 Å². The van der Waals surface area contributed by atoms with Gasteiger partial charge >= 0.3 is 0 Å². The highest BCUT2D eigenvalue weighted by Gasteiger charge is 2.10. The minimum Gasteiger partial charge on any atom is -0.484 e. The van der Waals surface area contributed by atoms with Crippen molar-refractivity contribution in [2.75, 3.05) is 6.61 Å². The fraction of sp³-hybridized carbons (Fsp3) is 0.235. The summed E-state index contributed by atoms with van der Waals surface area (Å²) >= 11 is 3.41. The Morgan fingerprint density at radius 1 is 1.27 bits per heavy atom. The molecule has 2 rings (SSSR count). The fourth-order valence-electron chi connectivity index (χ4n) is 1.97. The predicted octanol–water partition coefficient (Wildman–Crippen LogP) is 4.15. The largest absolute Gasteiger partial charge is 0.484 e. The van der Waals surface area contributed by atoms with Crippen LogP contribution in [0.4, 0.5) is 4.39 Å². The van der Waals surface area contributed by atoms with Gasteiger partial charge in [0.1, 0.15) is 11.6 Å². The molecule has 0 heterocycles. The van der Waals surface area contributed by atoms with Gasteiger partial charge in [0.05, 0.1) is 6.04 Å². The van der Waals surface area contributed by atoms with Crippen molar-refractivity contribution in [3.63, 3.8) is 0 Å². The van der Waals surface area contributed by atoms with Crippen LogP contribution in [0.25, 0.3) is 0 Å². The lowest BCUT2D eigenvalue weighted by atomic mass is 10.1. The van der Waals surface area contributed by atoms with Gasteiger partial charge in [0.15, 0.2) is 6.61 Å². The van der Waals surface area contributed by atoms with E-state index in [9.17, 15) is 9.18 Å². The van der Waals surface area contributed by atoms with E-state index in [1.54, 1.807) is 18.2 Å². The summed E-state index contributed by atoms with van der Waals surface area (Å²) in [4.78, 5) is 11.9. The molecule has 2 aromatic rings. The van der Waals surface area contributed by atoms with Crippen molar-refractivity contribution in [2.45, 2.75) is 19.9 Å². The van der Waals surface area contributed by atoms with Gasteiger partial charge in [-0.3, -0.25) is 4.79 Å². The zero-order valence-corrected chi connectivity index (χ0v) is 14.0. The van der Waals surface area contributed by atoms with E-state index in [-0.39, 0.29) is 24.4 Å². The number of amides is 1. The van der Waals surface area contributed by atoms with Crippen LogP contribution in [0.2, 0.25) is 0 Å². The van der Waals surface area contributed by atoms with Gasteiger partial charge in [-0.2, -0.15) is 0 Å². The molecule has 0 radical (unpaired) electrons. The van der Waals surface area contributed by atoms with Gasteiger partial charge in [-0.25, -0.2) is 4.39 Å². The zero-order chi connectivity index (χ0) is 16.1. The molecule has 0 unspecified atom stereocenters. The van der Waals surface area contributed by atoms with E-state index in [1.165, 1.54) is 12.1 Å². The van der Waals surface area contributed by atoms with Gasteiger partial charge in [-0.05, 0) is 55.3 Å². The molecule has 1 atom stereocenters. The van der Waals surface area contributed by atoms with E-state index in [2.05, 4.69) is 21.2 Å². The van der Waals surface area contributed by atoms with Gasteiger partial charge in [0.25, 0.3) is 5.91 Å². The Hall–Kier alpha value is -1.88. The molecule has 0 bridgehead atoms. The Kier molecular flexibility index (Phi) is 5.55. The molecule has 0 saturated carbocycles. The maximum absolute atomic E-state index is 12.9. The van der Waals surface area contributed by atoms with E-state index >= 15 is 0 Å². The average Bonchev–Trinajstić information content (AvgIpc) is 2.49. The normalized spacial score (nSPS) is 11.8. The number of carbonyl (C=O) groups is 1. The summed E-state index contributed by atoms with van der Waals surface area (Å²) in [6.07, 6.45) is 0. The van der Waals surface area contributed by atoms with Gasteiger partial charge in [0, 0.05) is 4.47 Å². The molecule has 0 aromatic heterocycles. The van der Waals surface area contributed by atoms with Gasteiger partial charge < -0.3 is 10.1 Å². The van der Waals surface area contributed by atoms with Crippen LogP contribution < -0.4 is 10.1 Å². The van der Waals surface area contributed by atoms with Crippen LogP contribution in [0.5, 0.6) is 5.75 Å². The highest BCUT2D eigenvalue weighted by Crippen LogP contribution is 2.21. The Morgan fingerprint density at radius 3 is 2.59 bits per heavy atom. The number of nitrogens with one attached hydrogen (secondary N) is 1. The second-order valence-corrected chi connectivity index (χ2v) is 5.89. The Morgan fingerprint density at radius 2 is 1.95 bits per heavy atom. The predicted molar refractivity (Wildman–Crippen MR) is 87.3 cm³/mol. The summed E-state index contributed by atoms with van der Waals surface area (Å²) < 4.78 is 19.3. The molecular weight excluding hydrogens is 349 g/mol. The molecule has 1 amide bonds. The molecule has 0 aliphatic carbocycles. The third-order valence-corrected chi connectivity index (χ3v) is 4.14. The first-order chi connectivity index (χ1) is 10.5. The standard InChI is InChI=1S/C17H17BrFNO2/c1-11-9-15(7-8-16(11)18)22-10-17(21)20-12(2)13-3-5-14(19)6-4-13/h3-9,12H,10H2,1-2H3,(H,20,21)/t12-/m1/s1. The maximum Gasteiger partial charge on any atom is 0.258 e. The summed E-state index contributed by atoms with van der Waals surface area (Å²) in [6.45, 7) is 3.73. The van der Waals surface area contributed by atoms with Crippen LogP contribution in [-0.2, 0) is 4.79 Å².